The number of likely N-dealkylation sites (tertiary alicyclic amines) is 1. The highest BCUT2D eigenvalue weighted by Crippen LogP contribution is 2.16. The first-order valence-electron chi connectivity index (χ1n) is 6.95. The highest BCUT2D eigenvalue weighted by Gasteiger charge is 2.25. The van der Waals surface area contributed by atoms with E-state index in [9.17, 15) is 4.79 Å². The van der Waals surface area contributed by atoms with Crippen LogP contribution in [0.15, 0.2) is 0 Å². The molecule has 1 aliphatic heterocycles. The Morgan fingerprint density at radius 2 is 2.26 bits per heavy atom. The lowest BCUT2D eigenvalue weighted by Gasteiger charge is -2.32. The molecule has 1 atom stereocenters. The molecule has 19 heavy (non-hydrogen) atoms. The Labute approximate surface area is 122 Å². The van der Waals surface area contributed by atoms with Crippen LogP contribution in [0.1, 0.15) is 26.7 Å². The van der Waals surface area contributed by atoms with Gasteiger partial charge >= 0.3 is 0 Å². The summed E-state index contributed by atoms with van der Waals surface area (Å²) >= 11 is 0. The second kappa shape index (κ2) is 10.4. The maximum Gasteiger partial charge on any atom is 0.224 e. The van der Waals surface area contributed by atoms with Gasteiger partial charge in [0.05, 0.1) is 18.6 Å². The molecule has 0 aliphatic carbocycles. The molecule has 0 spiro atoms. The van der Waals surface area contributed by atoms with E-state index in [-0.39, 0.29) is 30.3 Å². The number of ether oxygens (including phenoxy) is 1. The maximum absolute atomic E-state index is 11.9. The lowest BCUT2D eigenvalue weighted by atomic mass is 9.97. The molecular weight excluding hydrogens is 266 g/mol. The smallest absolute Gasteiger partial charge is 0.224 e. The minimum atomic E-state index is 0. The molecule has 1 saturated heterocycles. The van der Waals surface area contributed by atoms with Crippen molar-refractivity contribution in [3.63, 3.8) is 0 Å². The van der Waals surface area contributed by atoms with Crippen LogP contribution in [-0.2, 0) is 9.53 Å². The maximum atomic E-state index is 11.9. The van der Waals surface area contributed by atoms with Crippen molar-refractivity contribution in [1.29, 1.82) is 0 Å². The van der Waals surface area contributed by atoms with E-state index in [0.29, 0.717) is 13.1 Å². The number of nitrogens with one attached hydrogen (secondary N) is 1. The third-order valence-electron chi connectivity index (χ3n) is 3.18. The van der Waals surface area contributed by atoms with Gasteiger partial charge in [0.2, 0.25) is 5.91 Å². The number of amides is 1. The van der Waals surface area contributed by atoms with Crippen LogP contribution in [0.3, 0.4) is 0 Å². The third kappa shape index (κ3) is 7.72. The van der Waals surface area contributed by atoms with Crippen molar-refractivity contribution in [3.05, 3.63) is 0 Å². The van der Waals surface area contributed by atoms with Gasteiger partial charge in [0.25, 0.3) is 0 Å². The van der Waals surface area contributed by atoms with E-state index in [4.69, 9.17) is 10.5 Å². The quantitative estimate of drug-likeness (QED) is 0.722. The summed E-state index contributed by atoms with van der Waals surface area (Å²) in [6, 6.07) is 0. The predicted molar refractivity (Wildman–Crippen MR) is 79.6 cm³/mol. The molecule has 3 N–H and O–H groups in total. The third-order valence-corrected chi connectivity index (χ3v) is 3.18. The van der Waals surface area contributed by atoms with Crippen molar-refractivity contribution >= 4 is 18.3 Å². The van der Waals surface area contributed by atoms with Gasteiger partial charge in [-0.1, -0.05) is 0 Å². The molecule has 0 radical (unpaired) electrons. The van der Waals surface area contributed by atoms with Gasteiger partial charge in [0.1, 0.15) is 0 Å². The summed E-state index contributed by atoms with van der Waals surface area (Å²) in [6.45, 7) is 8.74. The molecule has 1 rings (SSSR count). The van der Waals surface area contributed by atoms with Gasteiger partial charge in [0.15, 0.2) is 0 Å². The molecule has 0 aromatic rings. The van der Waals surface area contributed by atoms with E-state index in [1.165, 1.54) is 0 Å². The average molecular weight is 294 g/mol. The van der Waals surface area contributed by atoms with Gasteiger partial charge in [0, 0.05) is 26.2 Å². The Bertz CT molecular complexity index is 252. The number of rotatable bonds is 7. The molecule has 0 saturated carbocycles. The fourth-order valence-corrected chi connectivity index (χ4v) is 2.23. The zero-order valence-corrected chi connectivity index (χ0v) is 12.9. The van der Waals surface area contributed by atoms with Gasteiger partial charge in [-0.15, -0.1) is 12.4 Å². The molecule has 0 bridgehead atoms. The fourth-order valence-electron chi connectivity index (χ4n) is 2.23. The minimum absolute atomic E-state index is 0. The van der Waals surface area contributed by atoms with E-state index >= 15 is 0 Å². The number of piperidine rings is 1. The largest absolute Gasteiger partial charge is 0.377 e. The van der Waals surface area contributed by atoms with E-state index in [2.05, 4.69) is 10.2 Å². The van der Waals surface area contributed by atoms with Crippen LogP contribution < -0.4 is 11.1 Å². The predicted octanol–water partition coefficient (Wildman–Crippen LogP) is 0.620. The van der Waals surface area contributed by atoms with E-state index in [0.717, 1.165) is 39.1 Å². The summed E-state index contributed by atoms with van der Waals surface area (Å²) < 4.78 is 5.55. The molecule has 0 aromatic heterocycles. The normalized spacial score (nSPS) is 20.1. The Hall–Kier alpha value is -0.360. The van der Waals surface area contributed by atoms with Gasteiger partial charge < -0.3 is 20.7 Å². The first-order valence-corrected chi connectivity index (χ1v) is 6.95. The van der Waals surface area contributed by atoms with Gasteiger partial charge in [-0.3, -0.25) is 4.79 Å². The number of halogens is 1. The molecule has 1 aliphatic rings. The second-order valence-electron chi connectivity index (χ2n) is 5.14. The summed E-state index contributed by atoms with van der Waals surface area (Å²) in [5, 5.41) is 2.88. The van der Waals surface area contributed by atoms with E-state index in [1.54, 1.807) is 0 Å². The Balaban J connectivity index is 0.00000324. The topological polar surface area (TPSA) is 67.6 Å². The minimum Gasteiger partial charge on any atom is -0.377 e. The number of carbonyl (C=O) groups excluding carboxylic acids is 1. The average Bonchev–Trinajstić information content (AvgIpc) is 2.36. The van der Waals surface area contributed by atoms with Gasteiger partial charge in [-0.2, -0.15) is 0 Å². The van der Waals surface area contributed by atoms with E-state index in [1.807, 2.05) is 13.8 Å². The lowest BCUT2D eigenvalue weighted by Crippen LogP contribution is -2.45. The zero-order valence-electron chi connectivity index (χ0n) is 12.1. The van der Waals surface area contributed by atoms with Crippen molar-refractivity contribution < 1.29 is 9.53 Å². The van der Waals surface area contributed by atoms with Crippen LogP contribution in [0, 0.1) is 5.92 Å². The SMILES string of the molecule is CC(C)OCCN1CCCC(C(=O)NCCN)C1.Cl. The number of nitrogens with zero attached hydrogens (tertiary/aromatic N) is 1. The molecule has 0 aromatic carbocycles. The number of nitrogens with two attached hydrogens (primary N) is 1. The van der Waals surface area contributed by atoms with Gasteiger partial charge in [-0.25, -0.2) is 0 Å². The molecular formula is C13H28ClN3O2. The molecule has 6 heteroatoms. The summed E-state index contributed by atoms with van der Waals surface area (Å²) in [4.78, 5) is 14.2. The van der Waals surface area contributed by atoms with Crippen LogP contribution in [0.25, 0.3) is 0 Å². The highest BCUT2D eigenvalue weighted by molar-refractivity contribution is 5.85. The first-order chi connectivity index (χ1) is 8.63. The summed E-state index contributed by atoms with van der Waals surface area (Å²) in [5.41, 5.74) is 5.39. The second-order valence-corrected chi connectivity index (χ2v) is 5.14. The molecule has 114 valence electrons. The number of hydrogen-bond acceptors (Lipinski definition) is 4. The first kappa shape index (κ1) is 18.6. The molecule has 5 nitrogen and oxygen atoms in total. The zero-order chi connectivity index (χ0) is 13.4. The summed E-state index contributed by atoms with van der Waals surface area (Å²) in [5.74, 6) is 0.263. The monoisotopic (exact) mass is 293 g/mol. The standard InChI is InChI=1S/C13H27N3O2.ClH/c1-11(2)18-9-8-16-7-3-4-12(10-16)13(17)15-6-5-14;/h11-12H,3-10,14H2,1-2H3,(H,15,17);1H. The lowest BCUT2D eigenvalue weighted by molar-refractivity contribution is -0.126. The fraction of sp³-hybridized carbons (Fsp3) is 0.923. The number of hydrogen-bond donors (Lipinski definition) is 2. The van der Waals surface area contributed by atoms with Crippen molar-refractivity contribution in [2.45, 2.75) is 32.8 Å². The molecule has 1 unspecified atom stereocenters. The van der Waals surface area contributed by atoms with Crippen molar-refractivity contribution in [2.75, 3.05) is 39.3 Å². The molecule has 1 heterocycles. The molecule has 1 fully saturated rings. The van der Waals surface area contributed by atoms with Crippen LogP contribution in [-0.4, -0.2) is 56.2 Å². The van der Waals surface area contributed by atoms with Gasteiger partial charge in [-0.05, 0) is 33.2 Å². The summed E-state index contributed by atoms with van der Waals surface area (Å²) in [7, 11) is 0. The van der Waals surface area contributed by atoms with E-state index < -0.39 is 0 Å². The number of carbonyl (C=O) groups is 1. The van der Waals surface area contributed by atoms with Crippen LogP contribution in [0.4, 0.5) is 0 Å². The highest BCUT2D eigenvalue weighted by atomic mass is 35.5. The Morgan fingerprint density at radius 1 is 1.53 bits per heavy atom. The van der Waals surface area contributed by atoms with Crippen molar-refractivity contribution in [3.8, 4) is 0 Å². The van der Waals surface area contributed by atoms with Crippen molar-refractivity contribution in [1.82, 2.24) is 10.2 Å². The van der Waals surface area contributed by atoms with Crippen molar-refractivity contribution in [2.24, 2.45) is 11.7 Å². The molecule has 1 amide bonds. The van der Waals surface area contributed by atoms with Crippen LogP contribution in [0.5, 0.6) is 0 Å². The summed E-state index contributed by atoms with van der Waals surface area (Å²) in [6.07, 6.45) is 2.35. The van der Waals surface area contributed by atoms with Crippen LogP contribution >= 0.6 is 12.4 Å². The Kier molecular flexibility index (Phi) is 10.2. The Morgan fingerprint density at radius 3 is 2.89 bits per heavy atom. The van der Waals surface area contributed by atoms with Crippen LogP contribution in [0.2, 0.25) is 0 Å².